The minimum absolute atomic E-state index is 0.0605. The van der Waals surface area contributed by atoms with Crippen molar-refractivity contribution in [3.05, 3.63) is 12.2 Å². The number of carboxylic acids is 1. The Labute approximate surface area is 142 Å². The van der Waals surface area contributed by atoms with Crippen LogP contribution in [0, 0.1) is 5.92 Å². The number of hydrogen-bond acceptors (Lipinski definition) is 5. The van der Waals surface area contributed by atoms with Crippen LogP contribution in [0.15, 0.2) is 12.2 Å². The Morgan fingerprint density at radius 3 is 2.24 bits per heavy atom. The van der Waals surface area contributed by atoms with Gasteiger partial charge in [-0.2, -0.15) is 0 Å². The second kappa shape index (κ2) is 13.3. The van der Waals surface area contributed by atoms with Crippen molar-refractivity contribution < 1.29 is 32.4 Å². The van der Waals surface area contributed by atoms with Gasteiger partial charge in [-0.15, -0.1) is 0 Å². The van der Waals surface area contributed by atoms with Gasteiger partial charge in [-0.05, 0) is 13.3 Å². The number of ether oxygens (including phenoxy) is 1. The summed E-state index contributed by atoms with van der Waals surface area (Å²) < 4.78 is 33.7. The molecular weight excluding hydrogens is 311 g/mol. The van der Waals surface area contributed by atoms with Crippen molar-refractivity contribution in [2.45, 2.75) is 30.4 Å². The van der Waals surface area contributed by atoms with E-state index in [1.165, 1.54) is 6.08 Å². The predicted molar refractivity (Wildman–Crippen MR) is 78.8 cm³/mol. The topological polar surface area (TPSA) is 118 Å². The van der Waals surface area contributed by atoms with E-state index in [0.717, 1.165) is 31.6 Å². The molecule has 0 rings (SSSR count). The maximum absolute atomic E-state index is 10.8. The Hall–Kier alpha value is -0.410. The second-order valence-electron chi connectivity index (χ2n) is 4.21. The molecule has 0 saturated heterocycles. The molecule has 0 radical (unpaired) electrons. The Morgan fingerprint density at radius 2 is 1.95 bits per heavy atom. The molecule has 0 fully saturated rings. The molecule has 0 bridgehead atoms. The summed E-state index contributed by atoms with van der Waals surface area (Å²) in [5, 5.41) is 8.61. The Balaban J connectivity index is 0. The molecule has 0 aromatic carbocycles. The van der Waals surface area contributed by atoms with Gasteiger partial charge in [0.15, 0.2) is 0 Å². The average Bonchev–Trinajstić information content (AvgIpc) is 2.37. The van der Waals surface area contributed by atoms with E-state index < -0.39 is 28.0 Å². The van der Waals surface area contributed by atoms with E-state index in [-0.39, 0.29) is 12.4 Å². The molecule has 0 heterocycles. The minimum atomic E-state index is -3.66. The van der Waals surface area contributed by atoms with Gasteiger partial charge in [0, 0.05) is 6.08 Å². The van der Waals surface area contributed by atoms with Crippen molar-refractivity contribution in [1.29, 1.82) is 0 Å². The molecule has 0 saturated carbocycles. The predicted octanol–water partition coefficient (Wildman–Crippen LogP) is 1.07. The van der Waals surface area contributed by atoms with E-state index >= 15 is 0 Å². The molecule has 0 aromatic heterocycles. The van der Waals surface area contributed by atoms with E-state index in [2.05, 4.69) is 0 Å². The third kappa shape index (κ3) is 17.5. The number of allylic oxidation sites excluding steroid dienone is 1. The van der Waals surface area contributed by atoms with Crippen LogP contribution in [0.4, 0.5) is 0 Å². The van der Waals surface area contributed by atoms with Crippen molar-refractivity contribution in [3.63, 3.8) is 0 Å². The van der Waals surface area contributed by atoms with E-state index in [0.29, 0.717) is 12.8 Å². The number of carbonyl (C=O) groups excluding carboxylic acids is 1. The molecule has 2 N–H and O–H groups in total. The molecule has 0 spiro atoms. The van der Waals surface area contributed by atoms with Crippen LogP contribution < -0.4 is 0 Å². The maximum atomic E-state index is 10.8. The molecule has 9 heteroatoms. The van der Waals surface area contributed by atoms with Crippen molar-refractivity contribution in [1.82, 2.24) is 0 Å². The summed E-state index contributed by atoms with van der Waals surface area (Å²) in [4.78, 5) is 21.3. The van der Waals surface area contributed by atoms with Crippen molar-refractivity contribution >= 4 is 50.0 Å². The first-order chi connectivity index (χ1) is 9.67. The fourth-order valence-electron chi connectivity index (χ4n) is 1.06. The molecule has 1 atom stereocenters. The third-order valence-electron chi connectivity index (χ3n) is 2.33. The number of carboxylic acid groups (broad SMARTS) is 1. The van der Waals surface area contributed by atoms with Crippen LogP contribution >= 0.6 is 0 Å². The summed E-state index contributed by atoms with van der Waals surface area (Å²) in [7, 11) is -3.66. The zero-order valence-electron chi connectivity index (χ0n) is 12.6. The van der Waals surface area contributed by atoms with E-state index in [1.54, 1.807) is 19.9 Å². The van der Waals surface area contributed by atoms with Crippen LogP contribution in [-0.2, 0) is 24.4 Å². The van der Waals surface area contributed by atoms with E-state index in [9.17, 15) is 18.0 Å². The van der Waals surface area contributed by atoms with Crippen LogP contribution in [0.2, 0.25) is 3.67 Å². The standard InChI is InChI=1S/C9H14O4.C3H7O3S.Na/c1-3-5-8(10)13-6-7(4-2)9(11)12;1-2-3-7(4,5)6;/h3,5,7H,4,6H2,1-2H3,(H,11,12);1-3H2,(H,4,5,6);. The molecule has 0 aromatic rings. The zero-order chi connectivity index (χ0) is 16.9. The fraction of sp³-hybridized carbons (Fsp3) is 0.667. The number of aliphatic carboxylic acids is 1. The van der Waals surface area contributed by atoms with Crippen molar-refractivity contribution in [2.24, 2.45) is 5.92 Å². The first kappa shape index (κ1) is 22.9. The van der Waals surface area contributed by atoms with Crippen LogP contribution in [-0.4, -0.2) is 70.3 Å². The van der Waals surface area contributed by atoms with Gasteiger partial charge in [0.05, 0.1) is 5.92 Å². The SMILES string of the molecule is CC=CC(=O)OCC(CC)C(=O)O.O=S(=O)(O)CC[CH2][Na]. The van der Waals surface area contributed by atoms with Gasteiger partial charge in [-0.25, -0.2) is 4.79 Å². The molecule has 21 heavy (non-hydrogen) atoms. The molecule has 0 aliphatic rings. The molecule has 0 aliphatic carbocycles. The van der Waals surface area contributed by atoms with Crippen LogP contribution in [0.1, 0.15) is 26.7 Å². The number of esters is 1. The first-order valence-electron chi connectivity index (χ1n) is 6.65. The van der Waals surface area contributed by atoms with Crippen molar-refractivity contribution in [3.8, 4) is 0 Å². The summed E-state index contributed by atoms with van der Waals surface area (Å²) in [6, 6.07) is 0. The van der Waals surface area contributed by atoms with E-state index in [4.69, 9.17) is 14.4 Å². The summed E-state index contributed by atoms with van der Waals surface area (Å²) >= 11 is 1.01. The summed E-state index contributed by atoms with van der Waals surface area (Å²) in [5.41, 5.74) is 0. The van der Waals surface area contributed by atoms with Gasteiger partial charge < -0.3 is 9.84 Å². The summed E-state index contributed by atoms with van der Waals surface area (Å²) in [6.07, 6.45) is 3.86. The monoisotopic (exact) mass is 332 g/mol. The van der Waals surface area contributed by atoms with Gasteiger partial charge >= 0.3 is 78.8 Å². The van der Waals surface area contributed by atoms with E-state index in [1.807, 2.05) is 0 Å². The number of rotatable bonds is 8. The molecular formula is C12H21NaO7S. The number of carbonyl (C=O) groups is 2. The van der Waals surface area contributed by atoms with Gasteiger partial charge in [-0.3, -0.25) is 4.79 Å². The Kier molecular flexibility index (Phi) is 14.4. The number of hydrogen-bond donors (Lipinski definition) is 2. The summed E-state index contributed by atoms with van der Waals surface area (Å²) in [5.74, 6) is -2.11. The van der Waals surface area contributed by atoms with Gasteiger partial charge in [0.25, 0.3) is 0 Å². The Bertz CT molecular complexity index is 431. The van der Waals surface area contributed by atoms with Crippen LogP contribution in [0.25, 0.3) is 0 Å². The quantitative estimate of drug-likeness (QED) is 0.295. The molecule has 7 nitrogen and oxygen atoms in total. The summed E-state index contributed by atoms with van der Waals surface area (Å²) in [6.45, 7) is 3.37. The van der Waals surface area contributed by atoms with Gasteiger partial charge in [-0.1, -0.05) is 13.0 Å². The van der Waals surface area contributed by atoms with Crippen LogP contribution in [0.5, 0.6) is 0 Å². The molecule has 1 unspecified atom stereocenters. The molecule has 0 aliphatic heterocycles. The van der Waals surface area contributed by atoms with Gasteiger partial charge in [0.1, 0.15) is 6.61 Å². The van der Waals surface area contributed by atoms with Crippen LogP contribution in [0.3, 0.4) is 0 Å². The third-order valence-corrected chi connectivity index (χ3v) is 3.84. The zero-order valence-corrected chi connectivity index (χ0v) is 15.4. The Morgan fingerprint density at radius 1 is 1.38 bits per heavy atom. The van der Waals surface area contributed by atoms with Crippen molar-refractivity contribution in [2.75, 3.05) is 12.4 Å². The van der Waals surface area contributed by atoms with Gasteiger partial charge in [0.2, 0.25) is 0 Å². The normalized spacial score (nSPS) is 12.4. The average molecular weight is 332 g/mol. The molecule has 118 valence electrons. The first-order valence-corrected chi connectivity index (χ1v) is 9.67. The second-order valence-corrected chi connectivity index (χ2v) is 6.79. The molecule has 0 amide bonds. The fourth-order valence-corrected chi connectivity index (χ4v) is 2.58.